The van der Waals surface area contributed by atoms with E-state index in [0.29, 0.717) is 6.79 Å². The van der Waals surface area contributed by atoms with Gasteiger partial charge in [-0.15, -0.1) is 0 Å². The molecule has 0 spiro atoms. The van der Waals surface area contributed by atoms with Crippen molar-refractivity contribution in [1.82, 2.24) is 14.9 Å². The van der Waals surface area contributed by atoms with Crippen LogP contribution in [-0.4, -0.2) is 54.9 Å². The number of hydrogen-bond donors (Lipinski definition) is 0. The number of rotatable bonds is 4. The van der Waals surface area contributed by atoms with E-state index in [1.165, 1.54) is 5.56 Å². The Bertz CT molecular complexity index is 1000. The van der Waals surface area contributed by atoms with Gasteiger partial charge in [-0.1, -0.05) is 6.07 Å². The zero-order valence-corrected chi connectivity index (χ0v) is 15.8. The molecule has 0 bridgehead atoms. The second kappa shape index (κ2) is 7.16. The Morgan fingerprint density at radius 3 is 2.68 bits per heavy atom. The molecule has 0 unspecified atom stereocenters. The van der Waals surface area contributed by atoms with Gasteiger partial charge < -0.3 is 19.1 Å². The summed E-state index contributed by atoms with van der Waals surface area (Å²) in [7, 11) is 1.67. The highest BCUT2D eigenvalue weighted by atomic mass is 16.7. The fraction of sp³-hybridized carbons (Fsp3) is 0.333. The van der Waals surface area contributed by atoms with Crippen molar-refractivity contribution in [1.29, 1.82) is 0 Å². The van der Waals surface area contributed by atoms with Gasteiger partial charge in [-0.3, -0.25) is 4.90 Å². The number of aromatic nitrogens is 2. The lowest BCUT2D eigenvalue weighted by atomic mass is 10.1. The molecule has 2 aliphatic heterocycles. The molecule has 1 fully saturated rings. The van der Waals surface area contributed by atoms with Gasteiger partial charge in [-0.25, -0.2) is 9.97 Å². The first-order valence-electron chi connectivity index (χ1n) is 9.45. The molecule has 3 heterocycles. The van der Waals surface area contributed by atoms with Gasteiger partial charge in [0, 0.05) is 44.2 Å². The maximum absolute atomic E-state index is 5.49. The Kier molecular flexibility index (Phi) is 4.37. The van der Waals surface area contributed by atoms with Gasteiger partial charge in [-0.05, 0) is 29.8 Å². The maximum Gasteiger partial charge on any atom is 0.231 e. The zero-order chi connectivity index (χ0) is 18.9. The van der Waals surface area contributed by atoms with Crippen molar-refractivity contribution in [2.75, 3.05) is 45.0 Å². The van der Waals surface area contributed by atoms with Crippen LogP contribution in [0.5, 0.6) is 17.2 Å². The normalized spacial score (nSPS) is 16.5. The van der Waals surface area contributed by atoms with Gasteiger partial charge in [0.1, 0.15) is 17.9 Å². The van der Waals surface area contributed by atoms with Gasteiger partial charge in [0.25, 0.3) is 0 Å². The van der Waals surface area contributed by atoms with E-state index in [2.05, 4.69) is 31.9 Å². The lowest BCUT2D eigenvalue weighted by Crippen LogP contribution is -2.46. The van der Waals surface area contributed by atoms with E-state index < -0.39 is 0 Å². The Balaban J connectivity index is 1.28. The first kappa shape index (κ1) is 17.1. The summed E-state index contributed by atoms with van der Waals surface area (Å²) in [4.78, 5) is 13.8. The van der Waals surface area contributed by atoms with Crippen molar-refractivity contribution in [2.24, 2.45) is 0 Å². The molecule has 0 aliphatic carbocycles. The average molecular weight is 378 g/mol. The Labute approximate surface area is 163 Å². The lowest BCUT2D eigenvalue weighted by molar-refractivity contribution is 0.174. The number of anilines is 1. The molecule has 7 nitrogen and oxygen atoms in total. The molecule has 1 saturated heterocycles. The quantitative estimate of drug-likeness (QED) is 0.692. The summed E-state index contributed by atoms with van der Waals surface area (Å²) in [5, 5.41) is 1.06. The number of hydrogen-bond acceptors (Lipinski definition) is 7. The van der Waals surface area contributed by atoms with Crippen LogP contribution < -0.4 is 19.1 Å². The molecule has 0 amide bonds. The van der Waals surface area contributed by atoms with Crippen molar-refractivity contribution >= 4 is 16.7 Å². The fourth-order valence-corrected chi connectivity index (χ4v) is 3.82. The van der Waals surface area contributed by atoms with E-state index in [9.17, 15) is 0 Å². The minimum atomic E-state index is 0.316. The third kappa shape index (κ3) is 3.18. The Morgan fingerprint density at radius 1 is 0.964 bits per heavy atom. The van der Waals surface area contributed by atoms with Gasteiger partial charge in [-0.2, -0.15) is 0 Å². The molecular formula is C21H22N4O3. The largest absolute Gasteiger partial charge is 0.497 e. The van der Waals surface area contributed by atoms with Crippen molar-refractivity contribution in [3.8, 4) is 17.2 Å². The van der Waals surface area contributed by atoms with Crippen molar-refractivity contribution in [2.45, 2.75) is 6.54 Å². The molecule has 7 heteroatoms. The number of ether oxygens (including phenoxy) is 3. The van der Waals surface area contributed by atoms with E-state index in [1.807, 2.05) is 24.3 Å². The van der Waals surface area contributed by atoms with Crippen LogP contribution >= 0.6 is 0 Å². The second-order valence-electron chi connectivity index (χ2n) is 7.03. The summed E-state index contributed by atoms with van der Waals surface area (Å²) >= 11 is 0. The van der Waals surface area contributed by atoms with E-state index in [-0.39, 0.29) is 0 Å². The highest BCUT2D eigenvalue weighted by molar-refractivity contribution is 5.90. The van der Waals surface area contributed by atoms with Gasteiger partial charge in [0.2, 0.25) is 6.79 Å². The predicted molar refractivity (Wildman–Crippen MR) is 106 cm³/mol. The highest BCUT2D eigenvalue weighted by Gasteiger charge is 2.21. The topological polar surface area (TPSA) is 60.0 Å². The van der Waals surface area contributed by atoms with Crippen LogP contribution in [0.4, 0.5) is 5.82 Å². The summed E-state index contributed by atoms with van der Waals surface area (Å²) in [6.07, 6.45) is 1.64. The van der Waals surface area contributed by atoms with Crippen molar-refractivity contribution in [3.05, 3.63) is 48.3 Å². The molecule has 0 N–H and O–H groups in total. The molecule has 2 aromatic carbocycles. The fourth-order valence-electron chi connectivity index (χ4n) is 3.82. The molecule has 5 rings (SSSR count). The molecule has 144 valence electrons. The molecule has 28 heavy (non-hydrogen) atoms. The predicted octanol–water partition coefficient (Wildman–Crippen LogP) is 2.69. The summed E-state index contributed by atoms with van der Waals surface area (Å²) in [6, 6.07) is 12.2. The maximum atomic E-state index is 5.49. The minimum Gasteiger partial charge on any atom is -0.497 e. The van der Waals surface area contributed by atoms with Crippen LogP contribution in [0.2, 0.25) is 0 Å². The number of nitrogens with zero attached hydrogens (tertiary/aromatic N) is 4. The van der Waals surface area contributed by atoms with E-state index in [4.69, 9.17) is 14.2 Å². The third-order valence-corrected chi connectivity index (χ3v) is 5.34. The van der Waals surface area contributed by atoms with E-state index in [0.717, 1.165) is 66.7 Å². The number of fused-ring (bicyclic) bond motifs is 2. The zero-order valence-electron chi connectivity index (χ0n) is 15.8. The Morgan fingerprint density at radius 2 is 1.82 bits per heavy atom. The Hall–Kier alpha value is -3.06. The van der Waals surface area contributed by atoms with Crippen molar-refractivity contribution in [3.63, 3.8) is 0 Å². The van der Waals surface area contributed by atoms with Crippen LogP contribution in [0.25, 0.3) is 10.9 Å². The summed E-state index contributed by atoms with van der Waals surface area (Å²) in [5.74, 6) is 3.49. The van der Waals surface area contributed by atoms with E-state index >= 15 is 0 Å². The monoisotopic (exact) mass is 378 g/mol. The first-order valence-corrected chi connectivity index (χ1v) is 9.45. The molecule has 0 atom stereocenters. The third-order valence-electron chi connectivity index (χ3n) is 5.34. The first-order chi connectivity index (χ1) is 13.8. The molecule has 3 aromatic rings. The van der Waals surface area contributed by atoms with Crippen LogP contribution in [-0.2, 0) is 6.54 Å². The summed E-state index contributed by atoms with van der Waals surface area (Å²) in [5.41, 5.74) is 2.16. The molecule has 0 radical (unpaired) electrons. The average Bonchev–Trinajstić information content (AvgIpc) is 3.21. The smallest absolute Gasteiger partial charge is 0.231 e. The standard InChI is InChI=1S/C21H22N4O3/c1-26-16-3-4-17-18(11-16)22-13-23-21(17)25-8-6-24(7-9-25)12-15-2-5-19-20(10-15)28-14-27-19/h2-5,10-11,13H,6-9,12,14H2,1H3. The lowest BCUT2D eigenvalue weighted by Gasteiger charge is -2.35. The van der Waals surface area contributed by atoms with Gasteiger partial charge in [0.05, 0.1) is 12.6 Å². The summed E-state index contributed by atoms with van der Waals surface area (Å²) in [6.45, 7) is 5.06. The van der Waals surface area contributed by atoms with E-state index in [1.54, 1.807) is 13.4 Å². The van der Waals surface area contributed by atoms with Crippen LogP contribution in [0.3, 0.4) is 0 Å². The van der Waals surface area contributed by atoms with Gasteiger partial charge in [0.15, 0.2) is 11.5 Å². The van der Waals surface area contributed by atoms with Crippen LogP contribution in [0.15, 0.2) is 42.7 Å². The molecule has 0 saturated carbocycles. The van der Waals surface area contributed by atoms with Crippen molar-refractivity contribution < 1.29 is 14.2 Å². The van der Waals surface area contributed by atoms with Gasteiger partial charge >= 0.3 is 0 Å². The molecule has 1 aromatic heterocycles. The minimum absolute atomic E-state index is 0.316. The molecule has 2 aliphatic rings. The molecular weight excluding hydrogens is 356 g/mol. The number of benzene rings is 2. The van der Waals surface area contributed by atoms with Crippen LogP contribution in [0.1, 0.15) is 5.56 Å². The SMILES string of the molecule is COc1ccc2c(N3CCN(Cc4ccc5c(c4)OCO5)CC3)ncnc2c1. The second-order valence-corrected chi connectivity index (χ2v) is 7.03. The number of methoxy groups -OCH3 is 1. The summed E-state index contributed by atoms with van der Waals surface area (Å²) < 4.78 is 16.2. The number of piperazine rings is 1. The van der Waals surface area contributed by atoms with Crippen LogP contribution in [0, 0.1) is 0 Å². The highest BCUT2D eigenvalue weighted by Crippen LogP contribution is 2.33.